The molecule has 0 aromatic heterocycles. The van der Waals surface area contributed by atoms with Crippen LogP contribution in [0, 0.1) is 0 Å². The largest absolute Gasteiger partial charge is 0.331 e. The first-order valence-corrected chi connectivity index (χ1v) is 8.67. The minimum atomic E-state index is -2.42. The van der Waals surface area contributed by atoms with Gasteiger partial charge in [0.15, 0.2) is 5.11 Å². The standard InChI is InChI=1S/C17H15F2N3S2/c18-16(19)24-13-8-6-12(7-9-13)20-17(23)22-21-15-10-5-11-3-1-2-4-14(11)15/h1-4,6-9,16H,5,10H2,(H2,20,22,23)/b21-15-. The monoisotopic (exact) mass is 363 g/mol. The van der Waals surface area contributed by atoms with Gasteiger partial charge in [-0.3, -0.25) is 5.43 Å². The van der Waals surface area contributed by atoms with Gasteiger partial charge in [-0.25, -0.2) is 0 Å². The van der Waals surface area contributed by atoms with E-state index in [9.17, 15) is 8.78 Å². The SMILES string of the molecule is FC(F)Sc1ccc(NC(=S)N/N=C2/CCc3ccccc32)cc1. The average Bonchev–Trinajstić information content (AvgIpc) is 2.98. The van der Waals surface area contributed by atoms with Crippen molar-refractivity contribution in [3.8, 4) is 0 Å². The summed E-state index contributed by atoms with van der Waals surface area (Å²) in [5, 5.41) is 7.73. The zero-order valence-electron chi connectivity index (χ0n) is 12.6. The smallest absolute Gasteiger partial charge is 0.288 e. The molecule has 2 aromatic rings. The molecule has 1 aliphatic carbocycles. The van der Waals surface area contributed by atoms with E-state index in [1.54, 1.807) is 24.3 Å². The van der Waals surface area contributed by atoms with Crippen LogP contribution in [0.3, 0.4) is 0 Å². The summed E-state index contributed by atoms with van der Waals surface area (Å²) < 4.78 is 24.6. The molecule has 0 saturated carbocycles. The zero-order valence-corrected chi connectivity index (χ0v) is 14.3. The number of thiocarbonyl (C=S) groups is 1. The number of anilines is 1. The minimum Gasteiger partial charge on any atom is -0.331 e. The lowest BCUT2D eigenvalue weighted by Crippen LogP contribution is -2.25. The number of fused-ring (bicyclic) bond motifs is 1. The van der Waals surface area contributed by atoms with Crippen molar-refractivity contribution >= 4 is 40.5 Å². The Hall–Kier alpha value is -1.99. The van der Waals surface area contributed by atoms with E-state index in [2.05, 4.69) is 28.0 Å². The second kappa shape index (κ2) is 7.72. The summed E-state index contributed by atoms with van der Waals surface area (Å²) in [5.41, 5.74) is 7.00. The van der Waals surface area contributed by atoms with E-state index in [4.69, 9.17) is 12.2 Å². The molecule has 0 spiro atoms. The Bertz CT molecular complexity index is 761. The number of nitrogens with one attached hydrogen (secondary N) is 2. The van der Waals surface area contributed by atoms with Gasteiger partial charge >= 0.3 is 0 Å². The Balaban J connectivity index is 1.57. The highest BCUT2D eigenvalue weighted by Gasteiger charge is 2.16. The first-order valence-electron chi connectivity index (χ1n) is 7.38. The molecule has 0 fully saturated rings. The number of nitrogens with zero attached hydrogens (tertiary/aromatic N) is 1. The van der Waals surface area contributed by atoms with Crippen LogP contribution < -0.4 is 10.7 Å². The number of aryl methyl sites for hydroxylation is 1. The van der Waals surface area contributed by atoms with Crippen molar-refractivity contribution in [1.82, 2.24) is 5.43 Å². The molecule has 7 heteroatoms. The molecule has 0 bridgehead atoms. The molecule has 0 unspecified atom stereocenters. The lowest BCUT2D eigenvalue weighted by atomic mass is 10.1. The fourth-order valence-electron chi connectivity index (χ4n) is 2.52. The summed E-state index contributed by atoms with van der Waals surface area (Å²) in [6.07, 6.45) is 1.87. The summed E-state index contributed by atoms with van der Waals surface area (Å²) >= 11 is 5.73. The van der Waals surface area contributed by atoms with Crippen molar-refractivity contribution in [2.45, 2.75) is 23.5 Å². The van der Waals surface area contributed by atoms with Crippen molar-refractivity contribution in [1.29, 1.82) is 0 Å². The molecule has 0 heterocycles. The van der Waals surface area contributed by atoms with Gasteiger partial charge in [0.1, 0.15) is 0 Å². The number of hydrogen-bond acceptors (Lipinski definition) is 3. The fraction of sp³-hybridized carbons (Fsp3) is 0.176. The van der Waals surface area contributed by atoms with E-state index in [-0.39, 0.29) is 0 Å². The van der Waals surface area contributed by atoms with E-state index in [0.29, 0.717) is 21.8 Å². The Morgan fingerprint density at radius 1 is 1.08 bits per heavy atom. The van der Waals surface area contributed by atoms with Gasteiger partial charge in [0, 0.05) is 16.1 Å². The molecule has 3 nitrogen and oxygen atoms in total. The van der Waals surface area contributed by atoms with Crippen LogP contribution >= 0.6 is 24.0 Å². The molecule has 124 valence electrons. The van der Waals surface area contributed by atoms with Gasteiger partial charge < -0.3 is 5.32 Å². The molecule has 3 rings (SSSR count). The van der Waals surface area contributed by atoms with Crippen LogP contribution in [0.4, 0.5) is 14.5 Å². The van der Waals surface area contributed by atoms with E-state index in [1.807, 2.05) is 12.1 Å². The highest BCUT2D eigenvalue weighted by atomic mass is 32.2. The summed E-state index contributed by atoms with van der Waals surface area (Å²) in [6.45, 7) is 0. The van der Waals surface area contributed by atoms with E-state index in [1.165, 1.54) is 5.56 Å². The van der Waals surface area contributed by atoms with Gasteiger partial charge in [0.25, 0.3) is 5.76 Å². The maximum atomic E-state index is 12.3. The average molecular weight is 363 g/mol. The van der Waals surface area contributed by atoms with E-state index >= 15 is 0 Å². The first-order chi connectivity index (χ1) is 11.6. The molecule has 0 aliphatic heterocycles. The predicted octanol–water partition coefficient (Wildman–Crippen LogP) is 4.64. The van der Waals surface area contributed by atoms with Crippen LogP contribution in [0.2, 0.25) is 0 Å². The molecule has 0 amide bonds. The van der Waals surface area contributed by atoms with Crippen molar-refractivity contribution in [2.75, 3.05) is 5.32 Å². The van der Waals surface area contributed by atoms with Crippen LogP contribution in [0.15, 0.2) is 58.5 Å². The number of rotatable bonds is 4. The van der Waals surface area contributed by atoms with E-state index < -0.39 is 5.76 Å². The maximum Gasteiger partial charge on any atom is 0.288 e. The Kier molecular flexibility index (Phi) is 5.42. The molecule has 1 aliphatic rings. The topological polar surface area (TPSA) is 36.4 Å². The van der Waals surface area contributed by atoms with Crippen LogP contribution in [-0.4, -0.2) is 16.6 Å². The number of alkyl halides is 2. The van der Waals surface area contributed by atoms with Crippen molar-refractivity contribution in [3.63, 3.8) is 0 Å². The molecule has 0 saturated heterocycles. The first kappa shape index (κ1) is 16.9. The fourth-order valence-corrected chi connectivity index (χ4v) is 3.18. The lowest BCUT2D eigenvalue weighted by Gasteiger charge is -2.09. The number of benzene rings is 2. The normalized spacial score (nSPS) is 14.7. The number of hydrogen-bond donors (Lipinski definition) is 2. The van der Waals surface area contributed by atoms with Gasteiger partial charge in [-0.2, -0.15) is 13.9 Å². The summed E-state index contributed by atoms with van der Waals surface area (Å²) in [5.74, 6) is -2.42. The van der Waals surface area contributed by atoms with Gasteiger partial charge in [-0.05, 0) is 54.9 Å². The predicted molar refractivity (Wildman–Crippen MR) is 99.0 cm³/mol. The van der Waals surface area contributed by atoms with Gasteiger partial charge in [-0.15, -0.1) is 0 Å². The van der Waals surface area contributed by atoms with Gasteiger partial charge in [-0.1, -0.05) is 36.0 Å². The van der Waals surface area contributed by atoms with Crippen LogP contribution in [0.1, 0.15) is 17.5 Å². The Morgan fingerprint density at radius 3 is 2.58 bits per heavy atom. The second-order valence-corrected chi connectivity index (χ2v) is 6.66. The second-order valence-electron chi connectivity index (χ2n) is 5.18. The lowest BCUT2D eigenvalue weighted by molar-refractivity contribution is 0.252. The van der Waals surface area contributed by atoms with Gasteiger partial charge in [0.05, 0.1) is 5.71 Å². The van der Waals surface area contributed by atoms with Crippen molar-refractivity contribution < 1.29 is 8.78 Å². The van der Waals surface area contributed by atoms with Gasteiger partial charge in [0.2, 0.25) is 0 Å². The van der Waals surface area contributed by atoms with Crippen LogP contribution in [-0.2, 0) is 6.42 Å². The molecule has 2 N–H and O–H groups in total. The third kappa shape index (κ3) is 4.30. The van der Waals surface area contributed by atoms with Crippen molar-refractivity contribution in [3.05, 3.63) is 59.7 Å². The molecule has 0 radical (unpaired) electrons. The number of halogens is 2. The highest BCUT2D eigenvalue weighted by molar-refractivity contribution is 7.99. The maximum absolute atomic E-state index is 12.3. The van der Waals surface area contributed by atoms with Crippen LogP contribution in [0.25, 0.3) is 0 Å². The number of hydrazone groups is 1. The highest BCUT2D eigenvalue weighted by Crippen LogP contribution is 2.26. The Morgan fingerprint density at radius 2 is 1.83 bits per heavy atom. The Labute approximate surface area is 148 Å². The number of thioether (sulfide) groups is 1. The molecule has 0 atom stereocenters. The minimum absolute atomic E-state index is 0.362. The molecular formula is C17H15F2N3S2. The molecule has 24 heavy (non-hydrogen) atoms. The quantitative estimate of drug-likeness (QED) is 0.471. The van der Waals surface area contributed by atoms with E-state index in [0.717, 1.165) is 29.8 Å². The summed E-state index contributed by atoms with van der Waals surface area (Å²) in [7, 11) is 0. The molecule has 2 aromatic carbocycles. The van der Waals surface area contributed by atoms with Crippen LogP contribution in [0.5, 0.6) is 0 Å². The summed E-state index contributed by atoms with van der Waals surface area (Å²) in [4.78, 5) is 0.511. The third-order valence-corrected chi connectivity index (χ3v) is 4.51. The van der Waals surface area contributed by atoms with Crippen molar-refractivity contribution in [2.24, 2.45) is 5.10 Å². The summed E-state index contributed by atoms with van der Waals surface area (Å²) in [6, 6.07) is 14.8. The third-order valence-electron chi connectivity index (χ3n) is 3.59. The molecular weight excluding hydrogens is 348 g/mol. The zero-order chi connectivity index (χ0) is 16.9.